The monoisotopic (exact) mass is 291 g/mol. The number of unbranched alkanes of at least 4 members (excludes halogenated alkanes) is 1. The summed E-state index contributed by atoms with van der Waals surface area (Å²) >= 11 is 0. The summed E-state index contributed by atoms with van der Waals surface area (Å²) in [6.07, 6.45) is 3.01. The Hall–Kier alpha value is -1.06. The van der Waals surface area contributed by atoms with Crippen molar-refractivity contribution in [3.8, 4) is 5.75 Å². The number of aryl methyl sites for hydroxylation is 2. The lowest BCUT2D eigenvalue weighted by Gasteiger charge is -2.35. The molecule has 21 heavy (non-hydrogen) atoms. The van der Waals surface area contributed by atoms with E-state index in [0.717, 1.165) is 38.4 Å². The molecule has 1 aromatic rings. The van der Waals surface area contributed by atoms with Gasteiger partial charge in [-0.2, -0.15) is 0 Å². The minimum absolute atomic E-state index is 0.361. The van der Waals surface area contributed by atoms with Gasteiger partial charge in [0.1, 0.15) is 5.75 Å². The highest BCUT2D eigenvalue weighted by atomic mass is 16.5. The normalized spacial score (nSPS) is 23.2. The summed E-state index contributed by atoms with van der Waals surface area (Å²) in [6.45, 7) is 12.6. The fourth-order valence-corrected chi connectivity index (χ4v) is 3.11. The van der Waals surface area contributed by atoms with Crippen molar-refractivity contribution in [3.05, 3.63) is 29.3 Å². The van der Waals surface area contributed by atoms with E-state index in [1.165, 1.54) is 17.5 Å². The first-order valence-corrected chi connectivity index (χ1v) is 8.13. The second kappa shape index (κ2) is 7.81. The Morgan fingerprint density at radius 3 is 2.33 bits per heavy atom. The quantitative estimate of drug-likeness (QED) is 0.748. The first-order chi connectivity index (χ1) is 10.1. The number of nitrogens with zero attached hydrogens (tertiary/aromatic N) is 1. The summed E-state index contributed by atoms with van der Waals surface area (Å²) in [7, 11) is 0. The van der Waals surface area contributed by atoms with Gasteiger partial charge in [-0.1, -0.05) is 18.2 Å². The van der Waals surface area contributed by atoms with Gasteiger partial charge < -0.3 is 9.47 Å². The number of para-hydroxylation sites is 1. The predicted molar refractivity (Wildman–Crippen MR) is 87.1 cm³/mol. The van der Waals surface area contributed by atoms with Gasteiger partial charge >= 0.3 is 0 Å². The van der Waals surface area contributed by atoms with Gasteiger partial charge in [0.25, 0.3) is 0 Å². The van der Waals surface area contributed by atoms with E-state index in [9.17, 15) is 0 Å². The molecule has 1 fully saturated rings. The van der Waals surface area contributed by atoms with E-state index in [1.807, 2.05) is 0 Å². The summed E-state index contributed by atoms with van der Waals surface area (Å²) < 4.78 is 11.7. The van der Waals surface area contributed by atoms with Crippen molar-refractivity contribution in [2.24, 2.45) is 0 Å². The maximum absolute atomic E-state index is 5.96. The third-order valence-electron chi connectivity index (χ3n) is 4.02. The van der Waals surface area contributed by atoms with E-state index >= 15 is 0 Å². The van der Waals surface area contributed by atoms with Gasteiger partial charge in [-0.25, -0.2) is 0 Å². The second-order valence-corrected chi connectivity index (χ2v) is 6.29. The lowest BCUT2D eigenvalue weighted by molar-refractivity contribution is -0.0682. The molecule has 0 amide bonds. The van der Waals surface area contributed by atoms with Gasteiger partial charge in [-0.15, -0.1) is 0 Å². The van der Waals surface area contributed by atoms with Crippen molar-refractivity contribution in [3.63, 3.8) is 0 Å². The van der Waals surface area contributed by atoms with E-state index < -0.39 is 0 Å². The van der Waals surface area contributed by atoms with Crippen LogP contribution in [0.2, 0.25) is 0 Å². The first kappa shape index (κ1) is 16.3. The van der Waals surface area contributed by atoms with Crippen LogP contribution in [0.3, 0.4) is 0 Å². The molecule has 3 nitrogen and oxygen atoms in total. The van der Waals surface area contributed by atoms with E-state index in [2.05, 4.69) is 50.8 Å². The second-order valence-electron chi connectivity index (χ2n) is 6.29. The van der Waals surface area contributed by atoms with E-state index in [1.54, 1.807) is 0 Å². The molecular weight excluding hydrogens is 262 g/mol. The first-order valence-electron chi connectivity index (χ1n) is 8.13. The molecule has 0 aliphatic carbocycles. The number of ether oxygens (including phenoxy) is 2. The molecule has 0 unspecified atom stereocenters. The zero-order valence-electron chi connectivity index (χ0n) is 13.9. The van der Waals surface area contributed by atoms with E-state index in [-0.39, 0.29) is 0 Å². The Balaban J connectivity index is 1.66. The number of rotatable bonds is 6. The molecule has 1 aliphatic rings. The van der Waals surface area contributed by atoms with Crippen LogP contribution < -0.4 is 4.74 Å². The van der Waals surface area contributed by atoms with E-state index in [4.69, 9.17) is 9.47 Å². The van der Waals surface area contributed by atoms with Crippen LogP contribution in [0, 0.1) is 13.8 Å². The minimum atomic E-state index is 0.361. The standard InChI is InChI=1S/C18H29NO2/c1-14-8-7-9-15(2)18(14)20-11-6-5-10-19-12-16(3)21-17(4)13-19/h7-9,16-17H,5-6,10-13H2,1-4H3/t16-,17-/m0/s1. The number of hydrogen-bond donors (Lipinski definition) is 0. The Morgan fingerprint density at radius 1 is 1.10 bits per heavy atom. The molecule has 2 rings (SSSR count). The predicted octanol–water partition coefficient (Wildman–Crippen LogP) is 3.57. The maximum atomic E-state index is 5.96. The highest BCUT2D eigenvalue weighted by Gasteiger charge is 2.21. The Morgan fingerprint density at radius 2 is 1.71 bits per heavy atom. The SMILES string of the molecule is Cc1cccc(C)c1OCCCCN1C[C@H](C)O[C@@H](C)C1. The topological polar surface area (TPSA) is 21.7 Å². The summed E-state index contributed by atoms with van der Waals surface area (Å²) in [5.41, 5.74) is 2.46. The average molecular weight is 291 g/mol. The zero-order valence-corrected chi connectivity index (χ0v) is 13.9. The highest BCUT2D eigenvalue weighted by molar-refractivity contribution is 5.39. The van der Waals surface area contributed by atoms with Gasteiger partial charge in [0.05, 0.1) is 18.8 Å². The Bertz CT molecular complexity index is 417. The average Bonchev–Trinajstić information content (AvgIpc) is 2.40. The van der Waals surface area contributed by atoms with Crippen LogP contribution >= 0.6 is 0 Å². The van der Waals surface area contributed by atoms with Crippen molar-refractivity contribution in [2.75, 3.05) is 26.2 Å². The van der Waals surface area contributed by atoms with Gasteiger partial charge in [0, 0.05) is 13.1 Å². The molecule has 0 bridgehead atoms. The molecule has 118 valence electrons. The van der Waals surface area contributed by atoms with E-state index in [0.29, 0.717) is 12.2 Å². The van der Waals surface area contributed by atoms with Crippen molar-refractivity contribution >= 4 is 0 Å². The number of benzene rings is 1. The molecule has 0 aromatic heterocycles. The molecule has 1 aliphatic heterocycles. The van der Waals surface area contributed by atoms with Crippen LogP contribution in [0.25, 0.3) is 0 Å². The highest BCUT2D eigenvalue weighted by Crippen LogP contribution is 2.22. The van der Waals surface area contributed by atoms with Crippen LogP contribution in [0.15, 0.2) is 18.2 Å². The molecule has 0 N–H and O–H groups in total. The van der Waals surface area contributed by atoms with Crippen LogP contribution in [0.1, 0.15) is 37.8 Å². The molecule has 0 saturated carbocycles. The molecule has 1 heterocycles. The minimum Gasteiger partial charge on any atom is -0.493 e. The van der Waals surface area contributed by atoms with Gasteiger partial charge in [0.2, 0.25) is 0 Å². The fourth-order valence-electron chi connectivity index (χ4n) is 3.11. The van der Waals surface area contributed by atoms with Crippen molar-refractivity contribution in [2.45, 2.75) is 52.7 Å². The molecule has 0 radical (unpaired) electrons. The van der Waals surface area contributed by atoms with Crippen LogP contribution in [0.5, 0.6) is 5.75 Å². The lowest BCUT2D eigenvalue weighted by Crippen LogP contribution is -2.45. The summed E-state index contributed by atoms with van der Waals surface area (Å²) in [5.74, 6) is 1.06. The van der Waals surface area contributed by atoms with Crippen molar-refractivity contribution in [1.29, 1.82) is 0 Å². The molecule has 0 spiro atoms. The Labute approximate surface area is 129 Å². The molecule has 1 aromatic carbocycles. The van der Waals surface area contributed by atoms with Crippen LogP contribution in [-0.4, -0.2) is 43.3 Å². The summed E-state index contributed by atoms with van der Waals surface area (Å²) in [6, 6.07) is 6.30. The Kier molecular flexibility index (Phi) is 6.07. The van der Waals surface area contributed by atoms with Gasteiger partial charge in [-0.05, 0) is 58.2 Å². The number of hydrogen-bond acceptors (Lipinski definition) is 3. The third-order valence-corrected chi connectivity index (χ3v) is 4.02. The maximum Gasteiger partial charge on any atom is 0.125 e. The zero-order chi connectivity index (χ0) is 15.2. The fraction of sp³-hybridized carbons (Fsp3) is 0.667. The smallest absolute Gasteiger partial charge is 0.125 e. The molecule has 1 saturated heterocycles. The summed E-state index contributed by atoms with van der Waals surface area (Å²) in [5, 5.41) is 0. The van der Waals surface area contributed by atoms with Gasteiger partial charge in [-0.3, -0.25) is 4.90 Å². The summed E-state index contributed by atoms with van der Waals surface area (Å²) in [4.78, 5) is 2.51. The van der Waals surface area contributed by atoms with Crippen LogP contribution in [-0.2, 0) is 4.74 Å². The molecular formula is C18H29NO2. The largest absolute Gasteiger partial charge is 0.493 e. The van der Waals surface area contributed by atoms with Gasteiger partial charge in [0.15, 0.2) is 0 Å². The number of morpholine rings is 1. The molecule has 2 atom stereocenters. The lowest BCUT2D eigenvalue weighted by atomic mass is 10.1. The molecule has 3 heteroatoms. The van der Waals surface area contributed by atoms with Crippen molar-refractivity contribution in [1.82, 2.24) is 4.90 Å². The van der Waals surface area contributed by atoms with Crippen molar-refractivity contribution < 1.29 is 9.47 Å². The third kappa shape index (κ3) is 5.01. The van der Waals surface area contributed by atoms with Crippen LogP contribution in [0.4, 0.5) is 0 Å².